The van der Waals surface area contributed by atoms with Crippen molar-refractivity contribution < 1.29 is 31.5 Å². The first-order valence-electron chi connectivity index (χ1n) is 4.72. The lowest BCUT2D eigenvalue weighted by atomic mass is 10.3. The van der Waals surface area contributed by atoms with Crippen LogP contribution >= 0.6 is 0 Å². The first-order chi connectivity index (χ1) is 7.47. The number of hydrogen-bond acceptors (Lipinski definition) is 3. The molecular formula is C8H14F3NO4S. The Hall–Kier alpha value is -0.830. The molecule has 0 fully saturated rings. The lowest BCUT2D eigenvalue weighted by molar-refractivity contribution is -0.140. The monoisotopic (exact) mass is 277 g/mol. The molecule has 9 heteroatoms. The zero-order valence-corrected chi connectivity index (χ0v) is 10.2. The van der Waals surface area contributed by atoms with Crippen LogP contribution in [0.5, 0.6) is 0 Å². The summed E-state index contributed by atoms with van der Waals surface area (Å²) in [5.41, 5.74) is 0. The van der Waals surface area contributed by atoms with E-state index in [1.165, 1.54) is 0 Å². The number of carboxylic acid groups (broad SMARTS) is 1. The molecular weight excluding hydrogens is 263 g/mol. The molecule has 0 aliphatic carbocycles. The number of halogens is 3. The molecule has 0 heterocycles. The van der Waals surface area contributed by atoms with Gasteiger partial charge in [0.15, 0.2) is 0 Å². The minimum absolute atomic E-state index is 0.561. The Kier molecular flexibility index (Phi) is 5.40. The molecule has 1 atom stereocenters. The van der Waals surface area contributed by atoms with E-state index in [0.29, 0.717) is 4.31 Å². The van der Waals surface area contributed by atoms with E-state index in [1.54, 1.807) is 0 Å². The lowest BCUT2D eigenvalue weighted by Gasteiger charge is -2.21. The van der Waals surface area contributed by atoms with Gasteiger partial charge < -0.3 is 5.11 Å². The van der Waals surface area contributed by atoms with Gasteiger partial charge in [-0.25, -0.2) is 8.42 Å². The van der Waals surface area contributed by atoms with Gasteiger partial charge in [-0.15, -0.1) is 0 Å². The van der Waals surface area contributed by atoms with Crippen LogP contribution < -0.4 is 0 Å². The Bertz CT molecular complexity index is 365. The van der Waals surface area contributed by atoms with Crippen molar-refractivity contribution in [2.45, 2.75) is 32.0 Å². The Morgan fingerprint density at radius 1 is 1.41 bits per heavy atom. The summed E-state index contributed by atoms with van der Waals surface area (Å²) in [5.74, 6) is -2.08. The van der Waals surface area contributed by atoms with Gasteiger partial charge in [-0.2, -0.15) is 17.5 Å². The number of carbonyl (C=O) groups is 1. The molecule has 0 aliphatic heterocycles. The number of hydrogen-bond donors (Lipinski definition) is 1. The molecule has 0 saturated heterocycles. The maximum Gasteiger partial charge on any atom is 0.389 e. The van der Waals surface area contributed by atoms with Crippen molar-refractivity contribution in [1.82, 2.24) is 4.31 Å². The third kappa shape index (κ3) is 5.87. The summed E-state index contributed by atoms with van der Waals surface area (Å²) in [6.45, 7) is 1.14. The molecule has 17 heavy (non-hydrogen) atoms. The summed E-state index contributed by atoms with van der Waals surface area (Å²) in [4.78, 5) is 10.5. The molecule has 0 amide bonds. The van der Waals surface area contributed by atoms with E-state index >= 15 is 0 Å². The third-order valence-electron chi connectivity index (χ3n) is 2.20. The van der Waals surface area contributed by atoms with E-state index in [1.807, 2.05) is 0 Å². The molecule has 0 aromatic carbocycles. The van der Waals surface area contributed by atoms with Crippen LogP contribution in [-0.4, -0.2) is 48.8 Å². The van der Waals surface area contributed by atoms with E-state index in [4.69, 9.17) is 5.11 Å². The van der Waals surface area contributed by atoms with Gasteiger partial charge in [0.25, 0.3) is 0 Å². The summed E-state index contributed by atoms with van der Waals surface area (Å²) >= 11 is 0. The molecule has 102 valence electrons. The lowest BCUT2D eigenvalue weighted by Crippen LogP contribution is -2.41. The molecule has 0 saturated carbocycles. The van der Waals surface area contributed by atoms with Gasteiger partial charge in [-0.05, 0) is 13.3 Å². The van der Waals surface area contributed by atoms with Crippen LogP contribution in [0.2, 0.25) is 0 Å². The number of aliphatic carboxylic acids is 1. The number of alkyl halides is 3. The van der Waals surface area contributed by atoms with Crippen molar-refractivity contribution in [2.24, 2.45) is 0 Å². The van der Waals surface area contributed by atoms with Gasteiger partial charge in [0.2, 0.25) is 10.0 Å². The number of rotatable bonds is 6. The first kappa shape index (κ1) is 16.2. The fourth-order valence-electron chi connectivity index (χ4n) is 0.995. The van der Waals surface area contributed by atoms with Crippen LogP contribution in [-0.2, 0) is 14.8 Å². The average Bonchev–Trinajstić information content (AvgIpc) is 2.12. The topological polar surface area (TPSA) is 74.7 Å². The molecule has 5 nitrogen and oxygen atoms in total. The second-order valence-electron chi connectivity index (χ2n) is 3.57. The highest BCUT2D eigenvalue weighted by molar-refractivity contribution is 7.89. The zero-order chi connectivity index (χ0) is 13.9. The minimum Gasteiger partial charge on any atom is -0.480 e. The third-order valence-corrected chi connectivity index (χ3v) is 4.20. The second kappa shape index (κ2) is 5.67. The fourth-order valence-corrected chi connectivity index (χ4v) is 2.36. The number of nitrogens with zero attached hydrogens (tertiary/aromatic N) is 1. The van der Waals surface area contributed by atoms with E-state index in [0.717, 1.165) is 14.0 Å². The maximum absolute atomic E-state index is 11.8. The predicted octanol–water partition coefficient (Wildman–Crippen LogP) is 1.06. The van der Waals surface area contributed by atoms with E-state index in [-0.39, 0.29) is 0 Å². The van der Waals surface area contributed by atoms with Crippen LogP contribution in [0.25, 0.3) is 0 Å². The summed E-state index contributed by atoms with van der Waals surface area (Å²) in [7, 11) is -2.94. The van der Waals surface area contributed by atoms with Gasteiger partial charge in [-0.3, -0.25) is 4.79 Å². The van der Waals surface area contributed by atoms with Crippen molar-refractivity contribution in [2.75, 3.05) is 12.8 Å². The van der Waals surface area contributed by atoms with E-state index in [9.17, 15) is 26.4 Å². The van der Waals surface area contributed by atoms with Crippen molar-refractivity contribution >= 4 is 16.0 Å². The Morgan fingerprint density at radius 3 is 2.24 bits per heavy atom. The maximum atomic E-state index is 11.8. The molecule has 0 rings (SSSR count). The number of sulfonamides is 1. The molecule has 1 N–H and O–H groups in total. The number of likely N-dealkylation sites (N-methyl/N-ethyl adjacent to an activating group) is 1. The van der Waals surface area contributed by atoms with Gasteiger partial charge in [0.1, 0.15) is 6.04 Å². The molecule has 1 unspecified atom stereocenters. The van der Waals surface area contributed by atoms with Gasteiger partial charge in [-0.1, -0.05) is 0 Å². The summed E-state index contributed by atoms with van der Waals surface area (Å²) in [6, 6.07) is -1.30. The Balaban J connectivity index is 4.44. The molecule has 0 radical (unpaired) electrons. The Labute approximate surface area is 97.3 Å². The van der Waals surface area contributed by atoms with Crippen molar-refractivity contribution in [3.63, 3.8) is 0 Å². The standard InChI is InChI=1S/C8H14F3NO4S/c1-6(7(13)14)12(2)17(15,16)5-3-4-8(9,10)11/h6H,3-5H2,1-2H3,(H,13,14). The highest BCUT2D eigenvalue weighted by Gasteiger charge is 2.31. The largest absolute Gasteiger partial charge is 0.480 e. The molecule has 0 bridgehead atoms. The van der Waals surface area contributed by atoms with Crippen molar-refractivity contribution in [1.29, 1.82) is 0 Å². The van der Waals surface area contributed by atoms with Gasteiger partial charge in [0, 0.05) is 13.5 Å². The van der Waals surface area contributed by atoms with E-state index < -0.39 is 46.8 Å². The zero-order valence-electron chi connectivity index (χ0n) is 9.36. The van der Waals surface area contributed by atoms with Crippen molar-refractivity contribution in [3.05, 3.63) is 0 Å². The second-order valence-corrected chi connectivity index (χ2v) is 5.71. The Morgan fingerprint density at radius 2 is 1.88 bits per heavy atom. The quantitative estimate of drug-likeness (QED) is 0.788. The molecule has 0 spiro atoms. The fraction of sp³-hybridized carbons (Fsp3) is 0.875. The van der Waals surface area contributed by atoms with Crippen LogP contribution in [0.15, 0.2) is 0 Å². The summed E-state index contributed by atoms with van der Waals surface area (Å²) in [5, 5.41) is 8.58. The highest BCUT2D eigenvalue weighted by Crippen LogP contribution is 2.22. The number of carboxylic acids is 1. The van der Waals surface area contributed by atoms with Gasteiger partial charge >= 0.3 is 12.1 Å². The van der Waals surface area contributed by atoms with E-state index in [2.05, 4.69) is 0 Å². The smallest absolute Gasteiger partial charge is 0.389 e. The first-order valence-corrected chi connectivity index (χ1v) is 6.33. The van der Waals surface area contributed by atoms with Gasteiger partial charge in [0.05, 0.1) is 5.75 Å². The summed E-state index contributed by atoms with van der Waals surface area (Å²) < 4.78 is 58.9. The highest BCUT2D eigenvalue weighted by atomic mass is 32.2. The average molecular weight is 277 g/mol. The van der Waals surface area contributed by atoms with Crippen molar-refractivity contribution in [3.8, 4) is 0 Å². The summed E-state index contributed by atoms with van der Waals surface area (Å²) in [6.07, 6.45) is -6.20. The SMILES string of the molecule is CC(C(=O)O)N(C)S(=O)(=O)CCCC(F)(F)F. The molecule has 0 aromatic heterocycles. The molecule has 0 aromatic rings. The van der Waals surface area contributed by atoms with Crippen LogP contribution in [0.1, 0.15) is 19.8 Å². The van der Waals surface area contributed by atoms with Crippen LogP contribution in [0.4, 0.5) is 13.2 Å². The minimum atomic E-state index is -4.41. The normalized spacial score (nSPS) is 14.9. The predicted molar refractivity (Wildman–Crippen MR) is 53.9 cm³/mol. The van der Waals surface area contributed by atoms with Crippen LogP contribution in [0.3, 0.4) is 0 Å². The van der Waals surface area contributed by atoms with Crippen LogP contribution in [0, 0.1) is 0 Å². The molecule has 0 aliphatic rings.